The van der Waals surface area contributed by atoms with E-state index in [2.05, 4.69) is 0 Å². The Bertz CT molecular complexity index is 271. The molecule has 0 aromatic heterocycles. The standard InChI is InChI=1S/6C2H4O2.2Gd.6H2O/c6*1-2(3)4;;;;;;;;/h6*1H3,(H,3,4);;;6*1H2/q;;;;;;2*+3;;;;;;/p-2. The summed E-state index contributed by atoms with van der Waals surface area (Å²) >= 11 is 0. The van der Waals surface area contributed by atoms with Gasteiger partial charge in [0.2, 0.25) is 0 Å². The Balaban J connectivity index is -0.00000000964. The molecule has 0 aliphatic rings. The zero-order valence-electron chi connectivity index (χ0n) is 17.9. The van der Waals surface area contributed by atoms with E-state index in [-0.39, 0.29) is 113 Å². The van der Waals surface area contributed by atoms with Crippen LogP contribution in [0.15, 0.2) is 0 Å². The second kappa shape index (κ2) is 87.0. The molecule has 0 heterocycles. The Hall–Kier alpha value is -0.771. The zero-order chi connectivity index (χ0) is 21.5. The third-order valence-electron chi connectivity index (χ3n) is 0. The number of rotatable bonds is 0. The van der Waals surface area contributed by atoms with Crippen LogP contribution in [-0.2, 0) is 50.7 Å². The van der Waals surface area contributed by atoms with E-state index in [0.717, 1.165) is 41.5 Å². The number of aliphatic carboxylic acids is 6. The number of hydrogen-bond acceptors (Lipinski definition) is 12. The van der Waals surface area contributed by atoms with Crippen LogP contribution < -0.4 is 30.6 Å². The van der Waals surface area contributed by atoms with Crippen molar-refractivity contribution in [3.05, 3.63) is 0 Å². The molecular formula is C12H34Gd2O18+4. The van der Waals surface area contributed by atoms with Gasteiger partial charge in [-0.25, -0.2) is 0 Å². The molecule has 20 heteroatoms. The summed E-state index contributed by atoms with van der Waals surface area (Å²) in [4.78, 5) is 53.3. The van der Waals surface area contributed by atoms with Gasteiger partial charge in [0.05, 0.1) is 0 Å². The van der Waals surface area contributed by atoms with E-state index >= 15 is 0 Å². The largest absolute Gasteiger partial charge is 3.00 e. The fourth-order valence-corrected chi connectivity index (χ4v) is 0. The second-order valence-electron chi connectivity index (χ2n) is 2.95. The second-order valence-corrected chi connectivity index (χ2v) is 2.95. The van der Waals surface area contributed by atoms with Crippen LogP contribution in [0.1, 0.15) is 41.5 Å². The molecule has 0 aliphatic carbocycles. The molecule has 32 heavy (non-hydrogen) atoms. The van der Waals surface area contributed by atoms with Crippen molar-refractivity contribution in [1.29, 1.82) is 0 Å². The predicted octanol–water partition coefficient (Wildman–Crippen LogP) is -12.8. The van der Waals surface area contributed by atoms with E-state index in [1.54, 1.807) is 0 Å². The van der Waals surface area contributed by atoms with Gasteiger partial charge >= 0.3 is 79.9 Å². The summed E-state index contributed by atoms with van der Waals surface area (Å²) in [5.41, 5.74) is 0. The topological polar surface area (TPSA) is 436 Å². The monoisotopic (exact) mass is 782 g/mol. The van der Waals surface area contributed by atoms with Crippen molar-refractivity contribution in [2.24, 2.45) is 0 Å². The molecule has 0 fully saturated rings. The van der Waals surface area contributed by atoms with Crippen molar-refractivity contribution in [2.45, 2.75) is 41.5 Å². The van der Waals surface area contributed by atoms with Gasteiger partial charge in [0.15, 0.2) is 0 Å². The van der Waals surface area contributed by atoms with Gasteiger partial charge in [0.25, 0.3) is 0 Å². The van der Waals surface area contributed by atoms with Crippen LogP contribution in [0, 0.1) is 79.9 Å². The Morgan fingerprint density at radius 2 is 0.344 bits per heavy atom. The van der Waals surface area contributed by atoms with Crippen LogP contribution in [-0.4, -0.2) is 46.8 Å². The molecule has 16 N–H and O–H groups in total. The first-order valence-corrected chi connectivity index (χ1v) is 5.45. The minimum absolute atomic E-state index is 0. The van der Waals surface area contributed by atoms with Gasteiger partial charge in [0, 0.05) is 35.8 Å². The van der Waals surface area contributed by atoms with Crippen molar-refractivity contribution in [3.8, 4) is 0 Å². The smallest absolute Gasteiger partial charge is 0.550 e. The summed E-state index contributed by atoms with van der Waals surface area (Å²) in [6.45, 7) is 5.83. The van der Waals surface area contributed by atoms with E-state index in [1.165, 1.54) is 0 Å². The summed E-state index contributed by atoms with van der Waals surface area (Å²) in [5, 5.41) is 53.3. The molecule has 0 aromatic rings. The molecule has 0 bridgehead atoms. The van der Waals surface area contributed by atoms with E-state index < -0.39 is 35.8 Å². The molecule has 0 aromatic carbocycles. The van der Waals surface area contributed by atoms with Crippen molar-refractivity contribution >= 4 is 35.8 Å². The Kier molecular flexibility index (Phi) is 261. The van der Waals surface area contributed by atoms with Crippen molar-refractivity contribution in [2.75, 3.05) is 0 Å². The summed E-state index contributed by atoms with van der Waals surface area (Å²) < 4.78 is 0. The van der Waals surface area contributed by atoms with Gasteiger partial charge in [-0.3, -0.25) is 0 Å². The molecule has 0 aliphatic heterocycles. The summed E-state index contributed by atoms with van der Waals surface area (Å²) in [5.74, 6) is -6.50. The minimum atomic E-state index is -1.08. The van der Waals surface area contributed by atoms with Crippen molar-refractivity contribution < 1.29 is 172 Å². The number of carboxylic acids is 6. The van der Waals surface area contributed by atoms with Crippen LogP contribution in [0.25, 0.3) is 0 Å². The van der Waals surface area contributed by atoms with Crippen LogP contribution in [0.4, 0.5) is 0 Å². The Morgan fingerprint density at radius 3 is 0.344 bits per heavy atom. The molecule has 0 spiro atoms. The van der Waals surface area contributed by atoms with Gasteiger partial charge in [-0.2, -0.15) is 0 Å². The molecule has 0 saturated carbocycles. The van der Waals surface area contributed by atoms with E-state index in [9.17, 15) is 0 Å². The number of carboxylic acid groups (broad SMARTS) is 6. The maximum atomic E-state index is 8.89. The first-order valence-electron chi connectivity index (χ1n) is 5.45. The first-order chi connectivity index (χ1) is 10.4. The molecule has 0 amide bonds. The zero-order valence-corrected chi connectivity index (χ0v) is 22.5. The normalized spacial score (nSPS) is 4.69. The number of carbonyl (C=O) groups excluding carboxylic acids is 6. The van der Waals surface area contributed by atoms with Gasteiger partial charge in [-0.15, -0.1) is 0 Å². The summed E-state index contributed by atoms with van der Waals surface area (Å²) in [6.07, 6.45) is 0. The molecule has 0 saturated heterocycles. The van der Waals surface area contributed by atoms with Gasteiger partial charge < -0.3 is 92.3 Å². The van der Waals surface area contributed by atoms with Crippen LogP contribution in [0.3, 0.4) is 0 Å². The van der Waals surface area contributed by atoms with Crippen LogP contribution in [0.2, 0.25) is 0 Å². The third kappa shape index (κ3) is 39200. The molecule has 18 nitrogen and oxygen atoms in total. The van der Waals surface area contributed by atoms with E-state index in [0.29, 0.717) is 0 Å². The van der Waals surface area contributed by atoms with E-state index in [1.807, 2.05) is 0 Å². The SMILES string of the molecule is CC(=O)[O-].CC(=O)[O-].CC(=O)[O-].CC(=O)[O-].CC(=O)[O-].CC(=O)[O-].O.O.[Gd+3].[Gd+3].[OH3+].[OH3+].[OH3+].[OH3+]. The maximum absolute atomic E-state index is 8.89. The molecule has 0 atom stereocenters. The summed E-state index contributed by atoms with van der Waals surface area (Å²) in [7, 11) is 0. The van der Waals surface area contributed by atoms with Gasteiger partial charge in [-0.05, 0) is 41.5 Å². The quantitative estimate of drug-likeness (QED) is 0.207. The average Bonchev–Trinajstić information content (AvgIpc) is 2.08. The van der Waals surface area contributed by atoms with Gasteiger partial charge in [0.1, 0.15) is 0 Å². The van der Waals surface area contributed by atoms with Crippen LogP contribution >= 0.6 is 0 Å². The Labute approximate surface area is 247 Å². The molecular weight excluding hydrogens is 747 g/mol. The first kappa shape index (κ1) is 96.1. The molecule has 2 radical (unpaired) electrons. The maximum Gasteiger partial charge on any atom is 3.00 e. The fraction of sp³-hybridized carbons (Fsp3) is 0.500. The number of carbonyl (C=O) groups is 6. The van der Waals surface area contributed by atoms with E-state index in [4.69, 9.17) is 59.4 Å². The minimum Gasteiger partial charge on any atom is -0.550 e. The van der Waals surface area contributed by atoms with Crippen LogP contribution in [0.5, 0.6) is 0 Å². The van der Waals surface area contributed by atoms with Crippen molar-refractivity contribution in [3.63, 3.8) is 0 Å². The predicted molar refractivity (Wildman–Crippen MR) is 90.8 cm³/mol. The molecule has 0 unspecified atom stereocenters. The Morgan fingerprint density at radius 1 is 0.344 bits per heavy atom. The number of hydrogen-bond donors (Lipinski definition) is 0. The molecule has 0 rings (SSSR count). The molecule has 202 valence electrons. The average molecular weight is 781 g/mol. The fourth-order valence-electron chi connectivity index (χ4n) is 0. The summed E-state index contributed by atoms with van der Waals surface area (Å²) in [6, 6.07) is 0. The third-order valence-corrected chi connectivity index (χ3v) is 0. The van der Waals surface area contributed by atoms with Gasteiger partial charge in [-0.1, -0.05) is 0 Å². The van der Waals surface area contributed by atoms with Crippen molar-refractivity contribution in [1.82, 2.24) is 0 Å².